The number of aryl methyl sites for hydroxylation is 1. The van der Waals surface area contributed by atoms with Crippen molar-refractivity contribution in [3.63, 3.8) is 0 Å². The Kier molecular flexibility index (Phi) is 3.14. The largest absolute Gasteiger partial charge is 0.390 e. The third-order valence-electron chi connectivity index (χ3n) is 4.91. The quantitative estimate of drug-likeness (QED) is 0.689. The van der Waals surface area contributed by atoms with Crippen LogP contribution in [0.2, 0.25) is 0 Å². The van der Waals surface area contributed by atoms with Crippen molar-refractivity contribution in [1.29, 1.82) is 0 Å². The molecule has 3 heterocycles. The number of imide groups is 1. The van der Waals surface area contributed by atoms with Crippen LogP contribution in [0.4, 0.5) is 4.79 Å². The molecule has 1 aliphatic carbocycles. The van der Waals surface area contributed by atoms with Crippen molar-refractivity contribution < 1.29 is 23.1 Å². The molecule has 0 aromatic carbocycles. The minimum atomic E-state index is -3.44. The maximum absolute atomic E-state index is 13.0. The van der Waals surface area contributed by atoms with Crippen molar-refractivity contribution in [3.8, 4) is 0 Å². The highest BCUT2D eigenvalue weighted by Gasteiger charge is 2.58. The number of aliphatic hydroxyl groups excluding tert-OH is 1. The van der Waals surface area contributed by atoms with Crippen LogP contribution in [0.15, 0.2) is 11.4 Å². The second-order valence-corrected chi connectivity index (χ2v) is 9.49. The number of urea groups is 1. The van der Waals surface area contributed by atoms with Crippen LogP contribution in [-0.4, -0.2) is 54.0 Å². The SMILES string of the molecule is O=C1N[C@@]2(CCCc3sccc32)C(=O)N1[C@H]1CS(=O)(=O)C[C@@H]1O. The molecule has 0 bridgehead atoms. The van der Waals surface area contributed by atoms with Crippen molar-refractivity contribution in [2.45, 2.75) is 36.9 Å². The van der Waals surface area contributed by atoms with E-state index in [4.69, 9.17) is 0 Å². The van der Waals surface area contributed by atoms with Crippen molar-refractivity contribution in [3.05, 3.63) is 21.9 Å². The smallest absolute Gasteiger partial charge is 0.325 e. The molecule has 1 aromatic rings. The zero-order valence-corrected chi connectivity index (χ0v) is 13.8. The van der Waals surface area contributed by atoms with Gasteiger partial charge in [-0.2, -0.15) is 0 Å². The number of amides is 3. The molecule has 0 saturated carbocycles. The number of aliphatic hydroxyl groups is 1. The van der Waals surface area contributed by atoms with E-state index in [-0.39, 0.29) is 5.75 Å². The van der Waals surface area contributed by atoms with Gasteiger partial charge >= 0.3 is 6.03 Å². The van der Waals surface area contributed by atoms with Crippen LogP contribution in [0.5, 0.6) is 0 Å². The first-order valence-electron chi connectivity index (χ1n) is 7.45. The van der Waals surface area contributed by atoms with Crippen LogP contribution in [0, 0.1) is 0 Å². The minimum Gasteiger partial charge on any atom is -0.390 e. The van der Waals surface area contributed by atoms with E-state index in [9.17, 15) is 23.1 Å². The number of thiophene rings is 1. The summed E-state index contributed by atoms with van der Waals surface area (Å²) < 4.78 is 23.4. The summed E-state index contributed by atoms with van der Waals surface area (Å²) in [5, 5.41) is 14.7. The minimum absolute atomic E-state index is 0.375. The van der Waals surface area contributed by atoms with E-state index in [1.807, 2.05) is 11.4 Å². The lowest BCUT2D eigenvalue weighted by molar-refractivity contribution is -0.134. The van der Waals surface area contributed by atoms with Crippen LogP contribution >= 0.6 is 11.3 Å². The van der Waals surface area contributed by atoms with Gasteiger partial charge < -0.3 is 10.4 Å². The highest BCUT2D eigenvalue weighted by Crippen LogP contribution is 2.43. The summed E-state index contributed by atoms with van der Waals surface area (Å²) in [6, 6.07) is 0.230. The molecule has 3 atom stereocenters. The molecule has 2 N–H and O–H groups in total. The number of hydrogen-bond donors (Lipinski definition) is 2. The Balaban J connectivity index is 1.74. The number of carbonyl (C=O) groups excluding carboxylic acids is 2. The highest BCUT2D eigenvalue weighted by molar-refractivity contribution is 7.91. The normalized spacial score (nSPS) is 35.6. The van der Waals surface area contributed by atoms with Gasteiger partial charge in [-0.05, 0) is 30.7 Å². The molecule has 2 fully saturated rings. The van der Waals surface area contributed by atoms with Crippen molar-refractivity contribution in [1.82, 2.24) is 10.2 Å². The molecule has 2 aliphatic heterocycles. The number of hydrogen-bond acceptors (Lipinski definition) is 6. The Hall–Kier alpha value is -1.45. The molecule has 7 nitrogen and oxygen atoms in total. The van der Waals surface area contributed by atoms with Crippen LogP contribution < -0.4 is 5.32 Å². The Morgan fingerprint density at radius 3 is 2.83 bits per heavy atom. The first-order chi connectivity index (χ1) is 10.8. The van der Waals surface area contributed by atoms with Gasteiger partial charge in [0.05, 0.1) is 23.7 Å². The molecule has 4 rings (SSSR count). The number of fused-ring (bicyclic) bond motifs is 2. The number of carbonyl (C=O) groups is 2. The second kappa shape index (κ2) is 4.78. The molecule has 23 heavy (non-hydrogen) atoms. The van der Waals surface area contributed by atoms with Crippen molar-refractivity contribution in [2.24, 2.45) is 0 Å². The van der Waals surface area contributed by atoms with Gasteiger partial charge in [-0.3, -0.25) is 9.69 Å². The first-order valence-corrected chi connectivity index (χ1v) is 10.2. The number of nitrogens with one attached hydrogen (secondary N) is 1. The first kappa shape index (κ1) is 15.1. The van der Waals surface area contributed by atoms with Crippen LogP contribution in [0.25, 0.3) is 0 Å². The fraction of sp³-hybridized carbons (Fsp3) is 0.571. The van der Waals surface area contributed by atoms with Gasteiger partial charge in [0.15, 0.2) is 9.84 Å². The van der Waals surface area contributed by atoms with Gasteiger partial charge in [0, 0.05) is 10.4 Å². The average Bonchev–Trinajstić information content (AvgIpc) is 3.09. The summed E-state index contributed by atoms with van der Waals surface area (Å²) >= 11 is 1.56. The highest BCUT2D eigenvalue weighted by atomic mass is 32.2. The Morgan fingerprint density at radius 1 is 1.35 bits per heavy atom. The molecule has 1 spiro atoms. The Morgan fingerprint density at radius 2 is 2.13 bits per heavy atom. The van der Waals surface area contributed by atoms with Crippen molar-refractivity contribution in [2.75, 3.05) is 11.5 Å². The molecule has 124 valence electrons. The summed E-state index contributed by atoms with van der Waals surface area (Å²) in [6.07, 6.45) is 0.917. The second-order valence-electron chi connectivity index (χ2n) is 6.33. The maximum atomic E-state index is 13.0. The zero-order chi connectivity index (χ0) is 16.4. The monoisotopic (exact) mass is 356 g/mol. The predicted molar refractivity (Wildman–Crippen MR) is 82.8 cm³/mol. The molecular formula is C14H16N2O5S2. The lowest BCUT2D eigenvalue weighted by Gasteiger charge is -2.32. The van der Waals surface area contributed by atoms with E-state index in [1.165, 1.54) is 0 Å². The fourth-order valence-corrected chi connectivity index (χ4v) is 6.64. The lowest BCUT2D eigenvalue weighted by Crippen LogP contribution is -2.49. The molecule has 2 saturated heterocycles. The molecule has 3 amide bonds. The van der Waals surface area contributed by atoms with Gasteiger partial charge in [-0.1, -0.05) is 0 Å². The average molecular weight is 356 g/mol. The van der Waals surface area contributed by atoms with E-state index < -0.39 is 45.2 Å². The van der Waals surface area contributed by atoms with Crippen molar-refractivity contribution >= 4 is 33.1 Å². The summed E-state index contributed by atoms with van der Waals surface area (Å²) in [5.74, 6) is -1.23. The van der Waals surface area contributed by atoms with Crippen LogP contribution in [0.3, 0.4) is 0 Å². The molecule has 9 heteroatoms. The van der Waals surface area contributed by atoms with Gasteiger partial charge in [-0.15, -0.1) is 11.3 Å². The van der Waals surface area contributed by atoms with E-state index in [0.29, 0.717) is 6.42 Å². The Bertz CT molecular complexity index is 802. The zero-order valence-electron chi connectivity index (χ0n) is 12.2. The third-order valence-corrected chi connectivity index (χ3v) is 7.59. The summed E-state index contributed by atoms with van der Waals surface area (Å²) in [5.41, 5.74) is -0.290. The van der Waals surface area contributed by atoms with Gasteiger partial charge in [-0.25, -0.2) is 13.2 Å². The van der Waals surface area contributed by atoms with E-state index in [1.54, 1.807) is 11.3 Å². The maximum Gasteiger partial charge on any atom is 0.325 e. The number of nitrogens with zero attached hydrogens (tertiary/aromatic N) is 1. The molecule has 0 radical (unpaired) electrons. The Labute approximate surface area is 137 Å². The summed E-state index contributed by atoms with van der Waals surface area (Å²) in [6.45, 7) is 0. The standard InChI is InChI=1S/C14H16N2O5S2/c17-10-7-23(20,21)6-9(10)16-12(18)14(15-13(16)19)4-1-2-11-8(14)3-5-22-11/h3,5,9-10,17H,1-2,4,6-7H2,(H,15,19)/t9-,10-,14+/m0/s1. The van der Waals surface area contributed by atoms with Crippen LogP contribution in [0.1, 0.15) is 23.3 Å². The fourth-order valence-electron chi connectivity index (χ4n) is 3.87. The van der Waals surface area contributed by atoms with Gasteiger partial charge in [0.1, 0.15) is 5.54 Å². The number of sulfone groups is 1. The van der Waals surface area contributed by atoms with E-state index >= 15 is 0 Å². The van der Waals surface area contributed by atoms with Crippen LogP contribution in [-0.2, 0) is 26.6 Å². The van der Waals surface area contributed by atoms with Gasteiger partial charge in [0.2, 0.25) is 0 Å². The molecule has 3 aliphatic rings. The summed E-state index contributed by atoms with van der Waals surface area (Å²) in [4.78, 5) is 27.5. The molecular weight excluding hydrogens is 340 g/mol. The van der Waals surface area contributed by atoms with E-state index in [0.717, 1.165) is 28.2 Å². The van der Waals surface area contributed by atoms with E-state index in [2.05, 4.69) is 5.32 Å². The molecule has 0 unspecified atom stereocenters. The third kappa shape index (κ3) is 2.06. The number of rotatable bonds is 1. The summed E-state index contributed by atoms with van der Waals surface area (Å²) in [7, 11) is -3.44. The van der Waals surface area contributed by atoms with Gasteiger partial charge in [0.25, 0.3) is 5.91 Å². The predicted octanol–water partition coefficient (Wildman–Crippen LogP) is -0.0106. The molecule has 1 aromatic heterocycles. The topological polar surface area (TPSA) is 104 Å². The lowest BCUT2D eigenvalue weighted by atomic mass is 9.80.